The molecule has 1 atom stereocenters. The quantitative estimate of drug-likeness (QED) is 0.638. The van der Waals surface area contributed by atoms with Gasteiger partial charge in [0, 0.05) is 6.42 Å². The van der Waals surface area contributed by atoms with Crippen LogP contribution in [-0.4, -0.2) is 45.1 Å². The molecule has 0 heterocycles. The average molecular weight is 270 g/mol. The third-order valence-electron chi connectivity index (χ3n) is 2.69. The molecule has 0 saturated heterocycles. The highest BCUT2D eigenvalue weighted by molar-refractivity contribution is 5.51. The van der Waals surface area contributed by atoms with E-state index in [1.807, 2.05) is 18.2 Å². The van der Waals surface area contributed by atoms with E-state index in [-0.39, 0.29) is 6.10 Å². The lowest BCUT2D eigenvalue weighted by atomic mass is 10.3. The lowest BCUT2D eigenvalue weighted by Gasteiger charge is -2.13. The van der Waals surface area contributed by atoms with Gasteiger partial charge in [0.25, 0.3) is 0 Å². The van der Waals surface area contributed by atoms with Crippen LogP contribution in [0.3, 0.4) is 0 Å². The number of rotatable bonds is 9. The molecule has 0 aromatic heterocycles. The van der Waals surface area contributed by atoms with Crippen LogP contribution in [0.15, 0.2) is 18.2 Å². The van der Waals surface area contributed by atoms with E-state index >= 15 is 0 Å². The molecule has 5 heteroatoms. The smallest absolute Gasteiger partial charge is 0.203 e. The third-order valence-corrected chi connectivity index (χ3v) is 2.69. The number of ether oxygens (including phenoxy) is 3. The zero-order valence-electron chi connectivity index (χ0n) is 11.9. The minimum atomic E-state index is -0.268. The van der Waals surface area contributed by atoms with Gasteiger partial charge in [0.05, 0.1) is 33.5 Å². The Bertz CT molecular complexity index is 346. The van der Waals surface area contributed by atoms with E-state index in [0.717, 1.165) is 19.5 Å². The van der Waals surface area contributed by atoms with Gasteiger partial charge in [0.2, 0.25) is 5.75 Å². The number of benzene rings is 1. The zero-order chi connectivity index (χ0) is 14.1. The van der Waals surface area contributed by atoms with Crippen LogP contribution in [-0.2, 0) is 0 Å². The fraction of sp³-hybridized carbons (Fsp3) is 0.571. The number of aliphatic hydroxyl groups is 1. The highest BCUT2D eigenvalue weighted by Crippen LogP contribution is 2.36. The molecule has 108 valence electrons. The molecule has 1 aromatic carbocycles. The molecule has 0 unspecified atom stereocenters. The van der Waals surface area contributed by atoms with E-state index in [2.05, 4.69) is 5.32 Å². The summed E-state index contributed by atoms with van der Waals surface area (Å²) in [5.41, 5.74) is 0. The largest absolute Gasteiger partial charge is 0.493 e. The lowest BCUT2D eigenvalue weighted by molar-refractivity contribution is -0.660. The molecular weight excluding hydrogens is 246 g/mol. The summed E-state index contributed by atoms with van der Waals surface area (Å²) in [5, 5.41) is 11.2. The summed E-state index contributed by atoms with van der Waals surface area (Å²) in [5.74, 6) is 1.99. The number of aliphatic hydroxyl groups excluding tert-OH is 1. The van der Waals surface area contributed by atoms with Crippen LogP contribution in [0.1, 0.15) is 13.3 Å². The Hall–Kier alpha value is -1.46. The molecule has 0 spiro atoms. The topological polar surface area (TPSA) is 64.5 Å². The highest BCUT2D eigenvalue weighted by Gasteiger charge is 2.10. The summed E-state index contributed by atoms with van der Waals surface area (Å²) >= 11 is 0. The Morgan fingerprint density at radius 3 is 2.37 bits per heavy atom. The Labute approximate surface area is 114 Å². The van der Waals surface area contributed by atoms with E-state index < -0.39 is 0 Å². The predicted molar refractivity (Wildman–Crippen MR) is 73.0 cm³/mol. The first-order valence-corrected chi connectivity index (χ1v) is 6.52. The van der Waals surface area contributed by atoms with Crippen molar-refractivity contribution < 1.29 is 24.6 Å². The number of methoxy groups -OCH3 is 2. The van der Waals surface area contributed by atoms with Gasteiger partial charge in [-0.3, -0.25) is 0 Å². The zero-order valence-corrected chi connectivity index (χ0v) is 11.9. The van der Waals surface area contributed by atoms with Crippen LogP contribution in [0.5, 0.6) is 17.2 Å². The van der Waals surface area contributed by atoms with Crippen molar-refractivity contribution in [1.82, 2.24) is 0 Å². The van der Waals surface area contributed by atoms with E-state index in [1.54, 1.807) is 21.1 Å². The predicted octanol–water partition coefficient (Wildman–Crippen LogP) is 0.417. The number of nitrogens with two attached hydrogens (primary N) is 1. The normalized spacial score (nSPS) is 12.0. The summed E-state index contributed by atoms with van der Waals surface area (Å²) in [6.45, 7) is 4.01. The van der Waals surface area contributed by atoms with Gasteiger partial charge >= 0.3 is 0 Å². The molecular formula is C14H24NO4+. The van der Waals surface area contributed by atoms with E-state index in [0.29, 0.717) is 23.9 Å². The Morgan fingerprint density at radius 1 is 1.21 bits per heavy atom. The summed E-state index contributed by atoms with van der Waals surface area (Å²) in [7, 11) is 3.22. The second-order valence-electron chi connectivity index (χ2n) is 4.36. The summed E-state index contributed by atoms with van der Waals surface area (Å²) < 4.78 is 16.2. The van der Waals surface area contributed by atoms with Crippen LogP contribution >= 0.6 is 0 Å². The number of quaternary nitrogens is 1. The standard InChI is InChI=1S/C14H23NO4/c1-11(16)10-15-8-5-9-19-14-12(17-2)6-4-7-13(14)18-3/h4,6-7,11,15-16H,5,8-10H2,1-3H3/p+1/t11-/m0/s1. The molecule has 0 bridgehead atoms. The molecule has 3 N–H and O–H groups in total. The number of hydrogen-bond acceptors (Lipinski definition) is 4. The molecule has 0 radical (unpaired) electrons. The molecule has 0 aliphatic carbocycles. The maximum atomic E-state index is 9.13. The van der Waals surface area contributed by atoms with Gasteiger partial charge in [-0.25, -0.2) is 0 Å². The van der Waals surface area contributed by atoms with E-state index in [1.165, 1.54) is 0 Å². The van der Waals surface area contributed by atoms with Crippen molar-refractivity contribution in [3.63, 3.8) is 0 Å². The third kappa shape index (κ3) is 5.36. The SMILES string of the molecule is COc1cccc(OC)c1OCCC[NH2+]C[C@H](C)O. The van der Waals surface area contributed by atoms with Crippen LogP contribution < -0.4 is 19.5 Å². The first kappa shape index (κ1) is 15.6. The Morgan fingerprint density at radius 2 is 1.84 bits per heavy atom. The second-order valence-corrected chi connectivity index (χ2v) is 4.36. The summed E-state index contributed by atoms with van der Waals surface area (Å²) in [4.78, 5) is 0. The van der Waals surface area contributed by atoms with E-state index in [9.17, 15) is 0 Å². The first-order valence-electron chi connectivity index (χ1n) is 6.52. The molecule has 1 rings (SSSR count). The van der Waals surface area contributed by atoms with Crippen molar-refractivity contribution in [2.45, 2.75) is 19.4 Å². The fourth-order valence-electron chi connectivity index (χ4n) is 1.72. The monoisotopic (exact) mass is 270 g/mol. The lowest BCUT2D eigenvalue weighted by Crippen LogP contribution is -2.86. The Kier molecular flexibility index (Phi) is 7.07. The van der Waals surface area contributed by atoms with Gasteiger partial charge in [-0.05, 0) is 19.1 Å². The van der Waals surface area contributed by atoms with Crippen molar-refractivity contribution in [2.24, 2.45) is 0 Å². The maximum absolute atomic E-state index is 9.13. The van der Waals surface area contributed by atoms with Gasteiger partial charge in [-0.1, -0.05) is 6.07 Å². The van der Waals surface area contributed by atoms with Gasteiger partial charge in [0.1, 0.15) is 6.54 Å². The molecule has 1 aromatic rings. The maximum Gasteiger partial charge on any atom is 0.203 e. The van der Waals surface area contributed by atoms with Gasteiger partial charge in [0.15, 0.2) is 11.5 Å². The molecule has 0 fully saturated rings. The molecule has 0 aliphatic rings. The van der Waals surface area contributed by atoms with Crippen LogP contribution in [0, 0.1) is 0 Å². The van der Waals surface area contributed by atoms with Crippen LogP contribution in [0.2, 0.25) is 0 Å². The van der Waals surface area contributed by atoms with Crippen LogP contribution in [0.25, 0.3) is 0 Å². The number of hydrogen-bond donors (Lipinski definition) is 2. The van der Waals surface area contributed by atoms with E-state index in [4.69, 9.17) is 19.3 Å². The number of para-hydroxylation sites is 1. The molecule has 0 aliphatic heterocycles. The molecule has 0 saturated carbocycles. The van der Waals surface area contributed by atoms with Crippen molar-refractivity contribution in [1.29, 1.82) is 0 Å². The van der Waals surface area contributed by atoms with Crippen molar-refractivity contribution in [3.8, 4) is 17.2 Å². The average Bonchev–Trinajstić information content (AvgIpc) is 2.42. The molecule has 19 heavy (non-hydrogen) atoms. The molecule has 5 nitrogen and oxygen atoms in total. The Balaban J connectivity index is 2.40. The minimum absolute atomic E-state index is 0.268. The molecule has 0 amide bonds. The first-order chi connectivity index (χ1) is 9.19. The van der Waals surface area contributed by atoms with Gasteiger partial charge in [-0.15, -0.1) is 0 Å². The summed E-state index contributed by atoms with van der Waals surface area (Å²) in [6.07, 6.45) is 0.628. The van der Waals surface area contributed by atoms with Gasteiger partial charge < -0.3 is 24.6 Å². The van der Waals surface area contributed by atoms with Crippen molar-refractivity contribution in [2.75, 3.05) is 33.9 Å². The second kappa shape index (κ2) is 8.61. The minimum Gasteiger partial charge on any atom is -0.493 e. The summed E-state index contributed by atoms with van der Waals surface area (Å²) in [6, 6.07) is 5.55. The van der Waals surface area contributed by atoms with Gasteiger partial charge in [-0.2, -0.15) is 0 Å². The highest BCUT2D eigenvalue weighted by atomic mass is 16.5. The van der Waals surface area contributed by atoms with Crippen molar-refractivity contribution in [3.05, 3.63) is 18.2 Å². The fourth-order valence-corrected chi connectivity index (χ4v) is 1.72. The van der Waals surface area contributed by atoms with Crippen LogP contribution in [0.4, 0.5) is 0 Å². The van der Waals surface area contributed by atoms with Crippen molar-refractivity contribution >= 4 is 0 Å².